The van der Waals surface area contributed by atoms with Crippen LogP contribution in [-0.4, -0.2) is 12.1 Å². The Balaban J connectivity index is 2.93. The smallest absolute Gasteiger partial charge is 0.340 e. The lowest BCUT2D eigenvalue weighted by Gasteiger charge is -2.08. The van der Waals surface area contributed by atoms with Gasteiger partial charge in [0, 0.05) is 5.69 Å². The van der Waals surface area contributed by atoms with Gasteiger partial charge in [-0.3, -0.25) is 0 Å². The van der Waals surface area contributed by atoms with Gasteiger partial charge in [-0.1, -0.05) is 6.07 Å². The van der Waals surface area contributed by atoms with Crippen LogP contribution in [0.1, 0.15) is 17.3 Å². The van der Waals surface area contributed by atoms with Gasteiger partial charge in [0.15, 0.2) is 6.10 Å². The first-order valence-electron chi connectivity index (χ1n) is 4.21. The Bertz CT molecular complexity index is 426. The molecule has 0 bridgehead atoms. The molecule has 78 valence electrons. The second kappa shape index (κ2) is 4.80. The number of hydrogen-bond acceptors (Lipinski definition) is 4. The van der Waals surface area contributed by atoms with E-state index in [1.54, 1.807) is 18.2 Å². The molecule has 0 spiro atoms. The van der Waals surface area contributed by atoms with E-state index in [0.29, 0.717) is 15.7 Å². The standard InChI is InChI=1S/C10H9BrN2O2/c1-6(5-12)15-10(14)7-3-2-4-8(13)9(7)11/h2-4,6H,13H2,1H3. The number of nitrogen functional groups attached to an aromatic ring is 1. The molecular weight excluding hydrogens is 260 g/mol. The molecule has 1 rings (SSSR count). The molecule has 0 aliphatic heterocycles. The average molecular weight is 269 g/mol. The van der Waals surface area contributed by atoms with Crippen LogP contribution in [0.25, 0.3) is 0 Å². The summed E-state index contributed by atoms with van der Waals surface area (Å²) in [5.41, 5.74) is 6.37. The molecular formula is C10H9BrN2O2. The average Bonchev–Trinajstić information content (AvgIpc) is 2.21. The van der Waals surface area contributed by atoms with Crippen LogP contribution in [0.4, 0.5) is 5.69 Å². The van der Waals surface area contributed by atoms with Gasteiger partial charge >= 0.3 is 5.97 Å². The van der Waals surface area contributed by atoms with Crippen molar-refractivity contribution in [2.24, 2.45) is 0 Å². The first kappa shape index (κ1) is 11.5. The fraction of sp³-hybridized carbons (Fsp3) is 0.200. The largest absolute Gasteiger partial charge is 0.444 e. The second-order valence-corrected chi connectivity index (χ2v) is 3.68. The quantitative estimate of drug-likeness (QED) is 0.658. The molecule has 0 aromatic heterocycles. The number of esters is 1. The van der Waals surface area contributed by atoms with E-state index in [9.17, 15) is 4.79 Å². The van der Waals surface area contributed by atoms with Crippen LogP contribution >= 0.6 is 15.9 Å². The van der Waals surface area contributed by atoms with Crippen LogP contribution in [0.2, 0.25) is 0 Å². The van der Waals surface area contributed by atoms with Crippen molar-refractivity contribution in [3.8, 4) is 6.07 Å². The summed E-state index contributed by atoms with van der Waals surface area (Å²) in [6.07, 6.45) is -0.772. The molecule has 1 aromatic rings. The number of rotatable bonds is 2. The van der Waals surface area contributed by atoms with Crippen molar-refractivity contribution in [3.05, 3.63) is 28.2 Å². The molecule has 0 aliphatic carbocycles. The minimum atomic E-state index is -0.772. The Hall–Kier alpha value is -1.54. The van der Waals surface area contributed by atoms with Gasteiger partial charge in [-0.25, -0.2) is 4.79 Å². The topological polar surface area (TPSA) is 76.1 Å². The van der Waals surface area contributed by atoms with Gasteiger partial charge in [0.2, 0.25) is 0 Å². The number of nitrogens with two attached hydrogens (primary N) is 1. The molecule has 1 aromatic carbocycles. The number of anilines is 1. The summed E-state index contributed by atoms with van der Waals surface area (Å²) in [7, 11) is 0. The molecule has 4 nitrogen and oxygen atoms in total. The van der Waals surface area contributed by atoms with E-state index in [1.807, 2.05) is 6.07 Å². The minimum absolute atomic E-state index is 0.317. The summed E-state index contributed by atoms with van der Waals surface area (Å²) in [4.78, 5) is 11.5. The molecule has 0 saturated carbocycles. The van der Waals surface area contributed by atoms with E-state index < -0.39 is 12.1 Å². The van der Waals surface area contributed by atoms with E-state index in [2.05, 4.69) is 15.9 Å². The van der Waals surface area contributed by atoms with Crippen LogP contribution < -0.4 is 5.73 Å². The molecule has 0 aliphatic rings. The number of hydrogen-bond donors (Lipinski definition) is 1. The number of carbonyl (C=O) groups is 1. The summed E-state index contributed by atoms with van der Waals surface area (Å²) in [5, 5.41) is 8.49. The zero-order chi connectivity index (χ0) is 11.4. The van der Waals surface area contributed by atoms with Crippen LogP contribution in [0.15, 0.2) is 22.7 Å². The highest BCUT2D eigenvalue weighted by atomic mass is 79.9. The van der Waals surface area contributed by atoms with Crippen molar-refractivity contribution in [2.75, 3.05) is 5.73 Å². The van der Waals surface area contributed by atoms with Crippen molar-refractivity contribution < 1.29 is 9.53 Å². The summed E-state index contributed by atoms with van der Waals surface area (Å²) >= 11 is 3.18. The number of nitrogens with zero attached hydrogens (tertiary/aromatic N) is 1. The Morgan fingerprint density at radius 1 is 1.67 bits per heavy atom. The van der Waals surface area contributed by atoms with Gasteiger partial charge < -0.3 is 10.5 Å². The maximum Gasteiger partial charge on any atom is 0.340 e. The van der Waals surface area contributed by atoms with Crippen molar-refractivity contribution in [1.82, 2.24) is 0 Å². The van der Waals surface area contributed by atoms with Gasteiger partial charge in [0.25, 0.3) is 0 Å². The number of benzene rings is 1. The molecule has 0 saturated heterocycles. The Labute approximate surface area is 95.8 Å². The molecule has 0 fully saturated rings. The summed E-state index contributed by atoms with van der Waals surface area (Å²) in [5.74, 6) is -0.566. The Morgan fingerprint density at radius 3 is 2.93 bits per heavy atom. The number of ether oxygens (including phenoxy) is 1. The number of halogens is 1. The molecule has 2 N–H and O–H groups in total. The monoisotopic (exact) mass is 268 g/mol. The van der Waals surface area contributed by atoms with Crippen molar-refractivity contribution in [1.29, 1.82) is 5.26 Å². The van der Waals surface area contributed by atoms with Gasteiger partial charge in [0.1, 0.15) is 6.07 Å². The van der Waals surface area contributed by atoms with Crippen molar-refractivity contribution in [3.63, 3.8) is 0 Å². The van der Waals surface area contributed by atoms with Crippen molar-refractivity contribution in [2.45, 2.75) is 13.0 Å². The molecule has 1 unspecified atom stereocenters. The maximum atomic E-state index is 11.5. The second-order valence-electron chi connectivity index (χ2n) is 2.89. The van der Waals surface area contributed by atoms with Crippen LogP contribution in [0, 0.1) is 11.3 Å². The molecule has 5 heteroatoms. The zero-order valence-electron chi connectivity index (χ0n) is 8.03. The van der Waals surface area contributed by atoms with E-state index in [4.69, 9.17) is 15.7 Å². The summed E-state index contributed by atoms with van der Waals surface area (Å²) in [6, 6.07) is 6.69. The Morgan fingerprint density at radius 2 is 2.33 bits per heavy atom. The third kappa shape index (κ3) is 2.70. The lowest BCUT2D eigenvalue weighted by atomic mass is 10.2. The highest BCUT2D eigenvalue weighted by Gasteiger charge is 2.15. The number of nitriles is 1. The highest BCUT2D eigenvalue weighted by molar-refractivity contribution is 9.10. The van der Waals surface area contributed by atoms with Gasteiger partial charge in [0.05, 0.1) is 10.0 Å². The SMILES string of the molecule is CC(C#N)OC(=O)c1cccc(N)c1Br. The predicted octanol–water partition coefficient (Wildman–Crippen LogP) is 2.10. The number of carbonyl (C=O) groups excluding carboxylic acids is 1. The first-order valence-corrected chi connectivity index (χ1v) is 5.00. The van der Waals surface area contributed by atoms with Crippen LogP contribution in [-0.2, 0) is 4.74 Å². The predicted molar refractivity (Wildman–Crippen MR) is 59.0 cm³/mol. The molecule has 1 atom stereocenters. The summed E-state index contributed by atoms with van der Waals surface area (Å²) < 4.78 is 5.32. The first-order chi connectivity index (χ1) is 7.06. The van der Waals surface area contributed by atoms with Gasteiger partial charge in [-0.2, -0.15) is 5.26 Å². The van der Waals surface area contributed by atoms with Crippen LogP contribution in [0.5, 0.6) is 0 Å². The minimum Gasteiger partial charge on any atom is -0.444 e. The third-order valence-corrected chi connectivity index (χ3v) is 2.60. The van der Waals surface area contributed by atoms with E-state index in [1.165, 1.54) is 6.92 Å². The molecule has 15 heavy (non-hydrogen) atoms. The molecule has 0 heterocycles. The summed E-state index contributed by atoms with van der Waals surface area (Å²) in [6.45, 7) is 1.50. The maximum absolute atomic E-state index is 11.5. The van der Waals surface area contributed by atoms with Crippen LogP contribution in [0.3, 0.4) is 0 Å². The van der Waals surface area contributed by atoms with E-state index >= 15 is 0 Å². The molecule has 0 radical (unpaired) electrons. The normalized spacial score (nSPS) is 11.5. The van der Waals surface area contributed by atoms with E-state index in [0.717, 1.165) is 0 Å². The third-order valence-electron chi connectivity index (χ3n) is 1.71. The fourth-order valence-electron chi connectivity index (χ4n) is 0.958. The van der Waals surface area contributed by atoms with Gasteiger partial charge in [-0.05, 0) is 35.0 Å². The highest BCUT2D eigenvalue weighted by Crippen LogP contribution is 2.24. The van der Waals surface area contributed by atoms with E-state index in [-0.39, 0.29) is 0 Å². The Kier molecular flexibility index (Phi) is 3.69. The van der Waals surface area contributed by atoms with Gasteiger partial charge in [-0.15, -0.1) is 0 Å². The molecule has 0 amide bonds. The zero-order valence-corrected chi connectivity index (χ0v) is 9.61. The lowest BCUT2D eigenvalue weighted by molar-refractivity contribution is 0.0434. The lowest BCUT2D eigenvalue weighted by Crippen LogP contribution is -2.13. The van der Waals surface area contributed by atoms with Crippen molar-refractivity contribution >= 4 is 27.6 Å². The fourth-order valence-corrected chi connectivity index (χ4v) is 1.38.